The van der Waals surface area contributed by atoms with Crippen molar-refractivity contribution in [1.82, 2.24) is 4.98 Å². The minimum absolute atomic E-state index is 0.181. The smallest absolute Gasteiger partial charge is 0.328 e. The van der Waals surface area contributed by atoms with E-state index in [-0.39, 0.29) is 12.0 Å². The number of rotatable bonds is 4. The predicted molar refractivity (Wildman–Crippen MR) is 97.6 cm³/mol. The van der Waals surface area contributed by atoms with Crippen molar-refractivity contribution in [3.63, 3.8) is 0 Å². The number of carbonyl (C=O) groups excluding carboxylic acids is 1. The summed E-state index contributed by atoms with van der Waals surface area (Å²) >= 11 is 0. The highest BCUT2D eigenvalue weighted by atomic mass is 16.5. The highest BCUT2D eigenvalue weighted by Crippen LogP contribution is 2.35. The van der Waals surface area contributed by atoms with Crippen molar-refractivity contribution in [2.45, 2.75) is 45.7 Å². The molecule has 0 aliphatic carbocycles. The van der Waals surface area contributed by atoms with Crippen LogP contribution in [0, 0.1) is 6.92 Å². The van der Waals surface area contributed by atoms with E-state index < -0.39 is 0 Å². The summed E-state index contributed by atoms with van der Waals surface area (Å²) in [5, 5.41) is 5.77. The quantitative estimate of drug-likeness (QED) is 0.871. The van der Waals surface area contributed by atoms with Crippen LogP contribution in [0.2, 0.25) is 0 Å². The van der Waals surface area contributed by atoms with Gasteiger partial charge in [-0.15, -0.1) is 0 Å². The molecule has 1 N–H and O–H groups in total. The first-order valence-corrected chi connectivity index (χ1v) is 8.52. The number of methoxy groups -OCH3 is 1. The van der Waals surface area contributed by atoms with Crippen LogP contribution in [0.1, 0.15) is 32.3 Å². The number of aryl methyl sites for hydroxylation is 1. The van der Waals surface area contributed by atoms with Crippen LogP contribution in [0.3, 0.4) is 0 Å². The van der Waals surface area contributed by atoms with Crippen LogP contribution >= 0.6 is 0 Å². The number of hydrogen-bond donors (Lipinski definition) is 1. The number of anilines is 2. The third-order valence-electron chi connectivity index (χ3n) is 4.52. The van der Waals surface area contributed by atoms with E-state index in [2.05, 4.69) is 48.1 Å². The van der Waals surface area contributed by atoms with Crippen molar-refractivity contribution in [3.8, 4) is 0 Å². The monoisotopic (exact) mass is 327 g/mol. The van der Waals surface area contributed by atoms with E-state index in [0.29, 0.717) is 6.04 Å². The molecule has 1 atom stereocenters. The van der Waals surface area contributed by atoms with Gasteiger partial charge in [0.1, 0.15) is 11.9 Å². The lowest BCUT2D eigenvalue weighted by atomic mass is 10.0. The Bertz CT molecular complexity index is 758. The molecule has 5 nitrogen and oxygen atoms in total. The van der Waals surface area contributed by atoms with Crippen molar-refractivity contribution < 1.29 is 9.53 Å². The zero-order valence-electron chi connectivity index (χ0n) is 14.8. The lowest BCUT2D eigenvalue weighted by Gasteiger charge is -2.26. The molecule has 1 aliphatic heterocycles. The fourth-order valence-electron chi connectivity index (χ4n) is 3.52. The van der Waals surface area contributed by atoms with Gasteiger partial charge in [0, 0.05) is 35.2 Å². The van der Waals surface area contributed by atoms with E-state index in [1.165, 1.54) is 12.5 Å². The second kappa shape index (κ2) is 6.67. The molecular weight excluding hydrogens is 302 g/mol. The molecule has 0 spiro atoms. The molecule has 24 heavy (non-hydrogen) atoms. The van der Waals surface area contributed by atoms with Gasteiger partial charge in [-0.1, -0.05) is 12.1 Å². The van der Waals surface area contributed by atoms with Gasteiger partial charge in [0.25, 0.3) is 0 Å². The molecule has 0 saturated carbocycles. The fourth-order valence-corrected chi connectivity index (χ4v) is 3.52. The maximum Gasteiger partial charge on any atom is 0.328 e. The third-order valence-corrected chi connectivity index (χ3v) is 4.52. The maximum absolute atomic E-state index is 12.1. The number of esters is 1. The predicted octanol–water partition coefficient (Wildman–Crippen LogP) is 3.51. The van der Waals surface area contributed by atoms with E-state index in [0.717, 1.165) is 41.8 Å². The Morgan fingerprint density at radius 2 is 2.21 bits per heavy atom. The maximum atomic E-state index is 12.1. The van der Waals surface area contributed by atoms with E-state index in [1.54, 1.807) is 0 Å². The first kappa shape index (κ1) is 16.6. The van der Waals surface area contributed by atoms with Gasteiger partial charge in [-0.25, -0.2) is 9.78 Å². The Balaban J connectivity index is 2.13. The Hall–Kier alpha value is -2.30. The molecule has 1 aromatic carbocycles. The lowest BCUT2D eigenvalue weighted by molar-refractivity contribution is -0.141. The van der Waals surface area contributed by atoms with Crippen LogP contribution in [-0.2, 0) is 9.53 Å². The number of ether oxygens (including phenoxy) is 1. The van der Waals surface area contributed by atoms with Crippen LogP contribution in [-0.4, -0.2) is 36.7 Å². The van der Waals surface area contributed by atoms with E-state index >= 15 is 0 Å². The largest absolute Gasteiger partial charge is 0.467 e. The van der Waals surface area contributed by atoms with Crippen LogP contribution in [0.25, 0.3) is 10.8 Å². The molecule has 1 fully saturated rings. The number of carbonyl (C=O) groups is 1. The van der Waals surface area contributed by atoms with Crippen molar-refractivity contribution in [3.05, 3.63) is 30.0 Å². The van der Waals surface area contributed by atoms with E-state index in [9.17, 15) is 4.79 Å². The molecule has 2 aromatic rings. The fraction of sp³-hybridized carbons (Fsp3) is 0.474. The number of aromatic nitrogens is 1. The molecule has 128 valence electrons. The van der Waals surface area contributed by atoms with Crippen LogP contribution in [0.5, 0.6) is 0 Å². The van der Waals surface area contributed by atoms with Crippen LogP contribution in [0.15, 0.2) is 24.4 Å². The molecule has 1 unspecified atom stereocenters. The number of benzene rings is 1. The van der Waals surface area contributed by atoms with Crippen LogP contribution in [0.4, 0.5) is 11.5 Å². The standard InChI is InChI=1S/C19H25N3O2/c1-12(2)21-15-8-5-7-14-17(15)13(3)11-20-18(14)22-10-6-9-16(22)19(23)24-4/h5,7-8,11-12,16,21H,6,9-10H2,1-4H3. The normalized spacial score (nSPS) is 17.5. The topological polar surface area (TPSA) is 54.5 Å². The summed E-state index contributed by atoms with van der Waals surface area (Å²) in [6, 6.07) is 6.33. The summed E-state index contributed by atoms with van der Waals surface area (Å²) in [6.45, 7) is 7.16. The number of fused-ring (bicyclic) bond motifs is 1. The zero-order valence-corrected chi connectivity index (χ0v) is 14.8. The Kier molecular flexibility index (Phi) is 4.60. The average Bonchev–Trinajstić information content (AvgIpc) is 3.03. The highest BCUT2D eigenvalue weighted by Gasteiger charge is 2.33. The van der Waals surface area contributed by atoms with E-state index in [1.807, 2.05) is 12.3 Å². The number of hydrogen-bond acceptors (Lipinski definition) is 5. The molecule has 1 aliphatic rings. The lowest BCUT2D eigenvalue weighted by Crippen LogP contribution is -2.37. The minimum atomic E-state index is -0.241. The molecule has 1 aromatic heterocycles. The molecule has 0 radical (unpaired) electrons. The van der Waals surface area contributed by atoms with Gasteiger partial charge in [0.2, 0.25) is 0 Å². The SMILES string of the molecule is COC(=O)C1CCCN1c1ncc(C)c2c(NC(C)C)cccc12. The summed E-state index contributed by atoms with van der Waals surface area (Å²) in [4.78, 5) is 18.9. The van der Waals surface area contributed by atoms with Crippen molar-refractivity contribution in [2.75, 3.05) is 23.9 Å². The Morgan fingerprint density at radius 1 is 1.42 bits per heavy atom. The Labute approximate surface area is 143 Å². The van der Waals surface area contributed by atoms with Gasteiger partial charge in [0.05, 0.1) is 7.11 Å². The number of nitrogens with one attached hydrogen (secondary N) is 1. The first-order chi connectivity index (χ1) is 11.5. The van der Waals surface area contributed by atoms with Gasteiger partial charge < -0.3 is 15.0 Å². The first-order valence-electron chi connectivity index (χ1n) is 8.52. The summed E-state index contributed by atoms with van der Waals surface area (Å²) in [7, 11) is 1.45. The van der Waals surface area contributed by atoms with Gasteiger partial charge in [-0.2, -0.15) is 0 Å². The molecule has 5 heteroatoms. The molecule has 0 bridgehead atoms. The number of pyridine rings is 1. The number of nitrogens with zero attached hydrogens (tertiary/aromatic N) is 2. The van der Waals surface area contributed by atoms with Crippen molar-refractivity contribution in [2.24, 2.45) is 0 Å². The summed E-state index contributed by atoms with van der Waals surface area (Å²) < 4.78 is 4.98. The highest BCUT2D eigenvalue weighted by molar-refractivity contribution is 6.03. The third kappa shape index (κ3) is 2.90. The Morgan fingerprint density at radius 3 is 2.92 bits per heavy atom. The second-order valence-electron chi connectivity index (χ2n) is 6.67. The summed E-state index contributed by atoms with van der Waals surface area (Å²) in [5.41, 5.74) is 2.24. The van der Waals surface area contributed by atoms with Gasteiger partial charge in [-0.3, -0.25) is 0 Å². The summed E-state index contributed by atoms with van der Waals surface area (Å²) in [6.07, 6.45) is 3.68. The zero-order chi connectivity index (χ0) is 17.3. The summed E-state index contributed by atoms with van der Waals surface area (Å²) in [5.74, 6) is 0.690. The molecular formula is C19H25N3O2. The molecule has 2 heterocycles. The molecule has 1 saturated heterocycles. The average molecular weight is 327 g/mol. The van der Waals surface area contributed by atoms with E-state index in [4.69, 9.17) is 4.74 Å². The van der Waals surface area contributed by atoms with Crippen molar-refractivity contribution in [1.29, 1.82) is 0 Å². The van der Waals surface area contributed by atoms with Gasteiger partial charge in [0.15, 0.2) is 0 Å². The van der Waals surface area contributed by atoms with Gasteiger partial charge in [-0.05, 0) is 45.2 Å². The molecule has 0 amide bonds. The van der Waals surface area contributed by atoms with Crippen LogP contribution < -0.4 is 10.2 Å². The molecule has 3 rings (SSSR count). The van der Waals surface area contributed by atoms with Gasteiger partial charge >= 0.3 is 5.97 Å². The minimum Gasteiger partial charge on any atom is -0.467 e. The van der Waals surface area contributed by atoms with Crippen molar-refractivity contribution >= 4 is 28.2 Å². The second-order valence-corrected chi connectivity index (χ2v) is 6.67.